The molecule has 0 spiro atoms. The smallest absolute Gasteiger partial charge is 0.128 e. The summed E-state index contributed by atoms with van der Waals surface area (Å²) in [7, 11) is 1.76. The van der Waals surface area contributed by atoms with Crippen molar-refractivity contribution in [3.63, 3.8) is 0 Å². The maximum Gasteiger partial charge on any atom is 0.128 e. The molecule has 1 fully saturated rings. The Morgan fingerprint density at radius 1 is 1.57 bits per heavy atom. The van der Waals surface area contributed by atoms with Crippen molar-refractivity contribution in [3.05, 3.63) is 24.4 Å². The fourth-order valence-electron chi connectivity index (χ4n) is 2.03. The molecule has 2 rings (SSSR count). The second-order valence-corrected chi connectivity index (χ2v) is 3.63. The molecule has 14 heavy (non-hydrogen) atoms. The summed E-state index contributed by atoms with van der Waals surface area (Å²) in [5, 5.41) is 0. The highest BCUT2D eigenvalue weighted by Crippen LogP contribution is 2.23. The maximum atomic E-state index is 5.21. The zero-order valence-electron chi connectivity index (χ0n) is 8.52. The molecule has 76 valence electrons. The molecular weight excluding hydrogens is 176 g/mol. The number of rotatable bonds is 3. The van der Waals surface area contributed by atoms with Crippen LogP contribution >= 0.6 is 0 Å². The fourth-order valence-corrected chi connectivity index (χ4v) is 2.03. The van der Waals surface area contributed by atoms with E-state index in [0.717, 1.165) is 19.0 Å². The fraction of sp³-hybridized carbons (Fsp3) is 0.545. The number of nitrogens with zero attached hydrogens (tertiary/aromatic N) is 2. The molecule has 1 aromatic heterocycles. The van der Waals surface area contributed by atoms with Gasteiger partial charge in [-0.15, -0.1) is 0 Å². The molecule has 0 aromatic carbocycles. The molecule has 1 aliphatic heterocycles. The molecule has 2 heterocycles. The Morgan fingerprint density at radius 2 is 2.50 bits per heavy atom. The normalized spacial score (nSPS) is 21.5. The van der Waals surface area contributed by atoms with Gasteiger partial charge in [0, 0.05) is 19.9 Å². The lowest BCUT2D eigenvalue weighted by atomic mass is 10.2. The summed E-state index contributed by atoms with van der Waals surface area (Å²) < 4.78 is 5.21. The molecule has 0 unspecified atom stereocenters. The van der Waals surface area contributed by atoms with Crippen molar-refractivity contribution < 1.29 is 4.74 Å². The van der Waals surface area contributed by atoms with Gasteiger partial charge in [-0.05, 0) is 25.0 Å². The third-order valence-corrected chi connectivity index (χ3v) is 2.68. The molecule has 0 radical (unpaired) electrons. The standard InChI is InChI=1S/C11H16N2O/c1-14-9-10-5-4-8-13(10)11-6-2-3-7-12-11/h2-3,6-7,10H,4-5,8-9H2,1H3/t10-/m0/s1. The number of ether oxygens (including phenoxy) is 1. The van der Waals surface area contributed by atoms with Crippen LogP contribution in [0.15, 0.2) is 24.4 Å². The van der Waals surface area contributed by atoms with Crippen LogP contribution in [-0.2, 0) is 4.74 Å². The summed E-state index contributed by atoms with van der Waals surface area (Å²) in [5.41, 5.74) is 0. The van der Waals surface area contributed by atoms with Crippen LogP contribution in [0.2, 0.25) is 0 Å². The summed E-state index contributed by atoms with van der Waals surface area (Å²) in [6.45, 7) is 1.90. The van der Waals surface area contributed by atoms with Crippen molar-refractivity contribution in [1.29, 1.82) is 0 Å². The monoisotopic (exact) mass is 192 g/mol. The van der Waals surface area contributed by atoms with Crippen molar-refractivity contribution in [1.82, 2.24) is 4.98 Å². The van der Waals surface area contributed by atoms with Gasteiger partial charge in [-0.25, -0.2) is 4.98 Å². The Balaban J connectivity index is 2.10. The average molecular weight is 192 g/mol. The zero-order chi connectivity index (χ0) is 9.80. The molecule has 1 saturated heterocycles. The molecule has 0 N–H and O–H groups in total. The molecular formula is C11H16N2O. The lowest BCUT2D eigenvalue weighted by Crippen LogP contribution is -2.33. The minimum absolute atomic E-state index is 0.509. The first-order valence-corrected chi connectivity index (χ1v) is 5.08. The van der Waals surface area contributed by atoms with Gasteiger partial charge in [-0.1, -0.05) is 6.07 Å². The van der Waals surface area contributed by atoms with Crippen LogP contribution in [0.25, 0.3) is 0 Å². The van der Waals surface area contributed by atoms with Crippen molar-refractivity contribution >= 4 is 5.82 Å². The maximum absolute atomic E-state index is 5.21. The van der Waals surface area contributed by atoms with Gasteiger partial charge < -0.3 is 9.64 Å². The van der Waals surface area contributed by atoms with Crippen LogP contribution in [0.4, 0.5) is 5.82 Å². The Hall–Kier alpha value is -1.09. The Kier molecular flexibility index (Phi) is 2.99. The van der Waals surface area contributed by atoms with Crippen LogP contribution in [0.5, 0.6) is 0 Å². The van der Waals surface area contributed by atoms with E-state index in [0.29, 0.717) is 6.04 Å². The van der Waals surface area contributed by atoms with Gasteiger partial charge in [0.2, 0.25) is 0 Å². The van der Waals surface area contributed by atoms with E-state index in [1.165, 1.54) is 12.8 Å². The van der Waals surface area contributed by atoms with E-state index in [1.54, 1.807) is 7.11 Å². The van der Waals surface area contributed by atoms with Crippen LogP contribution in [0, 0.1) is 0 Å². The van der Waals surface area contributed by atoms with E-state index >= 15 is 0 Å². The van der Waals surface area contributed by atoms with Gasteiger partial charge in [0.25, 0.3) is 0 Å². The first-order valence-electron chi connectivity index (χ1n) is 5.08. The second kappa shape index (κ2) is 4.42. The molecule has 0 bridgehead atoms. The number of pyridine rings is 1. The molecule has 0 aliphatic carbocycles. The summed E-state index contributed by atoms with van der Waals surface area (Å²) in [4.78, 5) is 6.70. The number of aromatic nitrogens is 1. The predicted molar refractivity (Wildman–Crippen MR) is 56.5 cm³/mol. The summed E-state index contributed by atoms with van der Waals surface area (Å²) in [6.07, 6.45) is 4.30. The predicted octanol–water partition coefficient (Wildman–Crippen LogP) is 1.70. The number of hydrogen-bond acceptors (Lipinski definition) is 3. The van der Waals surface area contributed by atoms with E-state index in [1.807, 2.05) is 18.3 Å². The first kappa shape index (κ1) is 9.46. The van der Waals surface area contributed by atoms with Crippen molar-refractivity contribution in [2.45, 2.75) is 18.9 Å². The summed E-state index contributed by atoms with van der Waals surface area (Å²) in [5.74, 6) is 1.08. The SMILES string of the molecule is COC[C@@H]1CCCN1c1ccccn1. The molecule has 1 atom stereocenters. The summed E-state index contributed by atoms with van der Waals surface area (Å²) >= 11 is 0. The summed E-state index contributed by atoms with van der Waals surface area (Å²) in [6, 6.07) is 6.55. The van der Waals surface area contributed by atoms with Crippen LogP contribution in [-0.4, -0.2) is 31.3 Å². The van der Waals surface area contributed by atoms with Crippen LogP contribution in [0.3, 0.4) is 0 Å². The van der Waals surface area contributed by atoms with E-state index in [4.69, 9.17) is 4.74 Å². The zero-order valence-corrected chi connectivity index (χ0v) is 8.52. The van der Waals surface area contributed by atoms with Gasteiger partial charge in [0.05, 0.1) is 12.6 Å². The minimum atomic E-state index is 0.509. The highest BCUT2D eigenvalue weighted by Gasteiger charge is 2.24. The van der Waals surface area contributed by atoms with Crippen molar-refractivity contribution in [3.8, 4) is 0 Å². The third-order valence-electron chi connectivity index (χ3n) is 2.68. The van der Waals surface area contributed by atoms with Gasteiger partial charge in [0.1, 0.15) is 5.82 Å². The Labute approximate surface area is 84.7 Å². The van der Waals surface area contributed by atoms with E-state index in [9.17, 15) is 0 Å². The third kappa shape index (κ3) is 1.87. The number of anilines is 1. The molecule has 0 saturated carbocycles. The van der Waals surface area contributed by atoms with E-state index < -0.39 is 0 Å². The van der Waals surface area contributed by atoms with Gasteiger partial charge in [-0.2, -0.15) is 0 Å². The second-order valence-electron chi connectivity index (χ2n) is 3.63. The largest absolute Gasteiger partial charge is 0.383 e. The van der Waals surface area contributed by atoms with E-state index in [2.05, 4.69) is 16.0 Å². The molecule has 3 nitrogen and oxygen atoms in total. The molecule has 3 heteroatoms. The number of methoxy groups -OCH3 is 1. The number of hydrogen-bond donors (Lipinski definition) is 0. The van der Waals surface area contributed by atoms with Gasteiger partial charge in [-0.3, -0.25) is 0 Å². The molecule has 1 aliphatic rings. The van der Waals surface area contributed by atoms with Crippen molar-refractivity contribution in [2.24, 2.45) is 0 Å². The first-order chi connectivity index (χ1) is 6.92. The van der Waals surface area contributed by atoms with Crippen LogP contribution in [0.1, 0.15) is 12.8 Å². The Bertz CT molecular complexity index is 276. The minimum Gasteiger partial charge on any atom is -0.383 e. The molecule has 0 amide bonds. The van der Waals surface area contributed by atoms with E-state index in [-0.39, 0.29) is 0 Å². The topological polar surface area (TPSA) is 25.4 Å². The highest BCUT2D eigenvalue weighted by molar-refractivity contribution is 5.40. The van der Waals surface area contributed by atoms with Gasteiger partial charge >= 0.3 is 0 Å². The lowest BCUT2D eigenvalue weighted by Gasteiger charge is -2.24. The van der Waals surface area contributed by atoms with Crippen molar-refractivity contribution in [2.75, 3.05) is 25.2 Å². The lowest BCUT2D eigenvalue weighted by molar-refractivity contribution is 0.180. The quantitative estimate of drug-likeness (QED) is 0.728. The van der Waals surface area contributed by atoms with Crippen LogP contribution < -0.4 is 4.90 Å². The highest BCUT2D eigenvalue weighted by atomic mass is 16.5. The average Bonchev–Trinajstić information content (AvgIpc) is 2.68. The Morgan fingerprint density at radius 3 is 3.21 bits per heavy atom. The molecule has 1 aromatic rings. The van der Waals surface area contributed by atoms with Gasteiger partial charge in [0.15, 0.2) is 0 Å².